The number of imidazole rings is 1. The minimum atomic E-state index is 0.670. The van der Waals surface area contributed by atoms with Crippen molar-refractivity contribution in [3.8, 4) is 0 Å². The van der Waals surface area contributed by atoms with Crippen LogP contribution in [0.25, 0.3) is 0 Å². The molecule has 0 atom stereocenters. The van der Waals surface area contributed by atoms with Gasteiger partial charge in [-0.3, -0.25) is 0 Å². The molecule has 84 valence electrons. The van der Waals surface area contributed by atoms with Crippen LogP contribution < -0.4 is 5.32 Å². The van der Waals surface area contributed by atoms with E-state index in [1.165, 1.54) is 18.5 Å². The number of H-pyrrole nitrogens is 1. The molecule has 1 fully saturated rings. The lowest BCUT2D eigenvalue weighted by molar-refractivity contribution is 0.676. The van der Waals surface area contributed by atoms with Crippen LogP contribution >= 0.6 is 11.8 Å². The fourth-order valence-electron chi connectivity index (χ4n) is 1.36. The minimum Gasteiger partial charge on any atom is -0.344 e. The highest BCUT2D eigenvalue weighted by molar-refractivity contribution is 7.99. The van der Waals surface area contributed by atoms with Crippen molar-refractivity contribution in [1.29, 1.82) is 0 Å². The molecule has 1 aliphatic rings. The number of hydrogen-bond acceptors (Lipinski definition) is 3. The SMILES string of the molecule is CC(C)SCc1ncc(CNC2CC2)[nH]1. The molecule has 0 bridgehead atoms. The van der Waals surface area contributed by atoms with Crippen molar-refractivity contribution in [3.05, 3.63) is 17.7 Å². The molecule has 0 amide bonds. The van der Waals surface area contributed by atoms with Crippen molar-refractivity contribution in [3.63, 3.8) is 0 Å². The Balaban J connectivity index is 1.75. The molecule has 3 nitrogen and oxygen atoms in total. The highest BCUT2D eigenvalue weighted by atomic mass is 32.2. The Morgan fingerprint density at radius 1 is 1.60 bits per heavy atom. The molecule has 0 spiro atoms. The molecule has 0 radical (unpaired) electrons. The normalized spacial score (nSPS) is 16.2. The van der Waals surface area contributed by atoms with Crippen LogP contribution in [0.3, 0.4) is 0 Å². The smallest absolute Gasteiger partial charge is 0.116 e. The lowest BCUT2D eigenvalue weighted by Gasteiger charge is -2.01. The average Bonchev–Trinajstić information content (AvgIpc) is 2.92. The first-order chi connectivity index (χ1) is 7.24. The number of nitrogens with one attached hydrogen (secondary N) is 2. The number of aromatic amines is 1. The molecule has 2 N–H and O–H groups in total. The lowest BCUT2D eigenvalue weighted by atomic mass is 10.4. The van der Waals surface area contributed by atoms with Gasteiger partial charge in [-0.1, -0.05) is 13.8 Å². The van der Waals surface area contributed by atoms with Crippen LogP contribution in [0, 0.1) is 0 Å². The number of hydrogen-bond donors (Lipinski definition) is 2. The Bertz CT molecular complexity index is 284. The van der Waals surface area contributed by atoms with Gasteiger partial charge in [0.1, 0.15) is 5.82 Å². The van der Waals surface area contributed by atoms with Gasteiger partial charge < -0.3 is 10.3 Å². The van der Waals surface area contributed by atoms with Crippen molar-refractivity contribution >= 4 is 11.8 Å². The summed E-state index contributed by atoms with van der Waals surface area (Å²) in [5.41, 5.74) is 1.21. The first kappa shape index (κ1) is 11.0. The third-order valence-electron chi connectivity index (χ3n) is 2.39. The Hall–Kier alpha value is -0.480. The zero-order valence-electron chi connectivity index (χ0n) is 9.42. The van der Waals surface area contributed by atoms with Crippen molar-refractivity contribution in [2.24, 2.45) is 0 Å². The van der Waals surface area contributed by atoms with Gasteiger partial charge in [0.05, 0.1) is 5.75 Å². The van der Waals surface area contributed by atoms with Crippen LogP contribution in [-0.2, 0) is 12.3 Å². The lowest BCUT2D eigenvalue weighted by Crippen LogP contribution is -2.15. The molecule has 0 aliphatic heterocycles. The van der Waals surface area contributed by atoms with E-state index in [0.29, 0.717) is 5.25 Å². The van der Waals surface area contributed by atoms with Crippen LogP contribution in [0.4, 0.5) is 0 Å². The van der Waals surface area contributed by atoms with Crippen molar-refractivity contribution in [2.75, 3.05) is 0 Å². The third kappa shape index (κ3) is 3.87. The quantitative estimate of drug-likeness (QED) is 0.780. The highest BCUT2D eigenvalue weighted by Crippen LogP contribution is 2.19. The van der Waals surface area contributed by atoms with E-state index in [2.05, 4.69) is 29.1 Å². The second-order valence-corrected chi connectivity index (χ2v) is 5.93. The van der Waals surface area contributed by atoms with E-state index < -0.39 is 0 Å². The number of rotatable bonds is 6. The van der Waals surface area contributed by atoms with E-state index in [-0.39, 0.29) is 0 Å². The Labute approximate surface area is 95.4 Å². The third-order valence-corrected chi connectivity index (χ3v) is 3.50. The molecule has 0 saturated heterocycles. The van der Waals surface area contributed by atoms with Gasteiger partial charge in [0, 0.05) is 24.5 Å². The van der Waals surface area contributed by atoms with E-state index in [1.807, 2.05) is 18.0 Å². The van der Waals surface area contributed by atoms with Gasteiger partial charge in [-0.2, -0.15) is 11.8 Å². The molecule has 1 aromatic heterocycles. The second-order valence-electron chi connectivity index (χ2n) is 4.37. The fraction of sp³-hybridized carbons (Fsp3) is 0.727. The van der Waals surface area contributed by atoms with Gasteiger partial charge in [-0.05, 0) is 18.1 Å². The number of aromatic nitrogens is 2. The molecule has 0 aromatic carbocycles. The fourth-order valence-corrected chi connectivity index (χ4v) is 1.99. The molecule has 1 aliphatic carbocycles. The molecular formula is C11H19N3S. The summed E-state index contributed by atoms with van der Waals surface area (Å²) in [5.74, 6) is 2.09. The largest absolute Gasteiger partial charge is 0.344 e. The van der Waals surface area contributed by atoms with Crippen molar-refractivity contribution in [2.45, 2.75) is 50.3 Å². The molecule has 4 heteroatoms. The maximum atomic E-state index is 4.37. The van der Waals surface area contributed by atoms with Gasteiger partial charge in [-0.15, -0.1) is 0 Å². The number of thioether (sulfide) groups is 1. The molecule has 1 saturated carbocycles. The maximum Gasteiger partial charge on any atom is 0.116 e. The van der Waals surface area contributed by atoms with Crippen LogP contribution in [0.1, 0.15) is 38.2 Å². The van der Waals surface area contributed by atoms with E-state index in [0.717, 1.165) is 24.2 Å². The topological polar surface area (TPSA) is 40.7 Å². The summed E-state index contributed by atoms with van der Waals surface area (Å²) in [6.45, 7) is 5.36. The summed E-state index contributed by atoms with van der Waals surface area (Å²) in [6.07, 6.45) is 4.62. The van der Waals surface area contributed by atoms with Gasteiger partial charge >= 0.3 is 0 Å². The van der Waals surface area contributed by atoms with Crippen LogP contribution in [-0.4, -0.2) is 21.3 Å². The van der Waals surface area contributed by atoms with E-state index in [1.54, 1.807) is 0 Å². The van der Waals surface area contributed by atoms with Crippen LogP contribution in [0.5, 0.6) is 0 Å². The average molecular weight is 225 g/mol. The van der Waals surface area contributed by atoms with E-state index >= 15 is 0 Å². The van der Waals surface area contributed by atoms with Gasteiger partial charge in [-0.25, -0.2) is 4.98 Å². The molecular weight excluding hydrogens is 206 g/mol. The van der Waals surface area contributed by atoms with Crippen LogP contribution in [0.15, 0.2) is 6.20 Å². The summed E-state index contributed by atoms with van der Waals surface area (Å²) in [6, 6.07) is 0.766. The molecule has 2 rings (SSSR count). The first-order valence-corrected chi connectivity index (χ1v) is 6.66. The Kier molecular flexibility index (Phi) is 3.70. The summed E-state index contributed by atoms with van der Waals surface area (Å²) in [4.78, 5) is 7.73. The predicted molar refractivity (Wildman–Crippen MR) is 64.9 cm³/mol. The predicted octanol–water partition coefficient (Wildman–Crippen LogP) is 2.30. The molecule has 1 heterocycles. The highest BCUT2D eigenvalue weighted by Gasteiger charge is 2.20. The first-order valence-electron chi connectivity index (χ1n) is 5.62. The molecule has 1 aromatic rings. The number of nitrogens with zero attached hydrogens (tertiary/aromatic N) is 1. The summed E-state index contributed by atoms with van der Waals surface area (Å²) in [5, 5.41) is 4.14. The second kappa shape index (κ2) is 5.03. The molecule has 0 unspecified atom stereocenters. The maximum absolute atomic E-state index is 4.37. The van der Waals surface area contributed by atoms with Crippen molar-refractivity contribution < 1.29 is 0 Å². The van der Waals surface area contributed by atoms with E-state index in [9.17, 15) is 0 Å². The van der Waals surface area contributed by atoms with Gasteiger partial charge in [0.25, 0.3) is 0 Å². The van der Waals surface area contributed by atoms with Gasteiger partial charge in [0.15, 0.2) is 0 Å². The zero-order chi connectivity index (χ0) is 10.7. The van der Waals surface area contributed by atoms with E-state index in [4.69, 9.17) is 0 Å². The monoisotopic (exact) mass is 225 g/mol. The zero-order valence-corrected chi connectivity index (χ0v) is 10.2. The molecule has 15 heavy (non-hydrogen) atoms. The van der Waals surface area contributed by atoms with Crippen LogP contribution in [0.2, 0.25) is 0 Å². The van der Waals surface area contributed by atoms with Crippen molar-refractivity contribution in [1.82, 2.24) is 15.3 Å². The Morgan fingerprint density at radius 3 is 3.07 bits per heavy atom. The Morgan fingerprint density at radius 2 is 2.40 bits per heavy atom. The minimum absolute atomic E-state index is 0.670. The summed E-state index contributed by atoms with van der Waals surface area (Å²) >= 11 is 1.92. The van der Waals surface area contributed by atoms with Gasteiger partial charge in [0.2, 0.25) is 0 Å². The summed E-state index contributed by atoms with van der Waals surface area (Å²) < 4.78 is 0. The standard InChI is InChI=1S/C11H19N3S/c1-8(2)15-7-11-13-6-10(14-11)5-12-9-3-4-9/h6,8-9,12H,3-5,7H2,1-2H3,(H,13,14). The summed E-state index contributed by atoms with van der Waals surface area (Å²) in [7, 11) is 0.